The molecule has 0 radical (unpaired) electrons. The maximum Gasteiger partial charge on any atom is 0.235 e. The molecule has 4 nitrogen and oxygen atoms in total. The Morgan fingerprint density at radius 2 is 2.19 bits per heavy atom. The zero-order valence-electron chi connectivity index (χ0n) is 7.98. The van der Waals surface area contributed by atoms with Crippen molar-refractivity contribution in [1.29, 1.82) is 5.26 Å². The van der Waals surface area contributed by atoms with Crippen molar-refractivity contribution in [3.8, 4) is 11.8 Å². The quantitative estimate of drug-likeness (QED) is 0.775. The van der Waals surface area contributed by atoms with E-state index < -0.39 is 20.6 Å². The first kappa shape index (κ1) is 12.7. The predicted octanol–water partition coefficient (Wildman–Crippen LogP) is 1.64. The van der Waals surface area contributed by atoms with Gasteiger partial charge in [0.25, 0.3) is 0 Å². The molecule has 0 aromatic heterocycles. The molecule has 0 aliphatic heterocycles. The summed E-state index contributed by atoms with van der Waals surface area (Å²) in [5.74, 6) is -1.24. The smallest absolute Gasteiger partial charge is 0.235 e. The molecule has 0 saturated heterocycles. The number of halogens is 2. The molecule has 1 aromatic carbocycles. The lowest BCUT2D eigenvalue weighted by Crippen LogP contribution is -2.09. The summed E-state index contributed by atoms with van der Waals surface area (Å²) in [6.45, 7) is -0.241. The van der Waals surface area contributed by atoms with Crippen LogP contribution < -0.4 is 4.74 Å². The largest absolute Gasteiger partial charge is 0.489 e. The number of benzene rings is 1. The molecule has 0 spiro atoms. The summed E-state index contributed by atoms with van der Waals surface area (Å²) in [6.07, 6.45) is 0. The van der Waals surface area contributed by atoms with Gasteiger partial charge in [-0.25, -0.2) is 12.8 Å². The van der Waals surface area contributed by atoms with Gasteiger partial charge in [0.05, 0.1) is 17.4 Å². The minimum atomic E-state index is -3.65. The molecule has 0 atom stereocenters. The molecule has 0 N–H and O–H groups in total. The summed E-state index contributed by atoms with van der Waals surface area (Å²) >= 11 is 0. The summed E-state index contributed by atoms with van der Waals surface area (Å²) in [4.78, 5) is 0. The zero-order chi connectivity index (χ0) is 12.2. The molecular formula is C9H7ClFNO3S. The summed E-state index contributed by atoms with van der Waals surface area (Å²) in [5.41, 5.74) is 0.162. The lowest BCUT2D eigenvalue weighted by atomic mass is 10.2. The molecule has 0 heterocycles. The zero-order valence-corrected chi connectivity index (χ0v) is 9.55. The van der Waals surface area contributed by atoms with Crippen LogP contribution in [0.15, 0.2) is 18.2 Å². The fourth-order valence-electron chi connectivity index (χ4n) is 0.939. The van der Waals surface area contributed by atoms with Gasteiger partial charge in [0.2, 0.25) is 9.05 Å². The van der Waals surface area contributed by atoms with Gasteiger partial charge in [-0.1, -0.05) is 0 Å². The van der Waals surface area contributed by atoms with Crippen LogP contribution in [-0.4, -0.2) is 20.8 Å². The van der Waals surface area contributed by atoms with Crippen LogP contribution in [0.4, 0.5) is 4.39 Å². The highest BCUT2D eigenvalue weighted by Crippen LogP contribution is 2.18. The normalized spacial score (nSPS) is 10.8. The third kappa shape index (κ3) is 4.04. The number of nitrogens with zero attached hydrogens (tertiary/aromatic N) is 1. The van der Waals surface area contributed by atoms with Crippen LogP contribution in [0.1, 0.15) is 5.56 Å². The number of hydrogen-bond acceptors (Lipinski definition) is 4. The van der Waals surface area contributed by atoms with E-state index >= 15 is 0 Å². The average molecular weight is 264 g/mol. The Bertz CT molecular complexity index is 524. The van der Waals surface area contributed by atoms with Gasteiger partial charge in [-0.2, -0.15) is 5.26 Å². The second-order valence-corrected chi connectivity index (χ2v) is 5.74. The Morgan fingerprint density at radius 3 is 2.69 bits per heavy atom. The first-order valence-electron chi connectivity index (χ1n) is 4.17. The summed E-state index contributed by atoms with van der Waals surface area (Å²) in [6, 6.07) is 5.39. The molecule has 1 rings (SSSR count). The monoisotopic (exact) mass is 263 g/mol. The predicted molar refractivity (Wildman–Crippen MR) is 56.2 cm³/mol. The number of ether oxygens (including phenoxy) is 1. The van der Waals surface area contributed by atoms with Gasteiger partial charge in [0, 0.05) is 10.7 Å². The van der Waals surface area contributed by atoms with Gasteiger partial charge in [-0.3, -0.25) is 0 Å². The molecule has 0 bridgehead atoms. The highest BCUT2D eigenvalue weighted by Gasteiger charge is 2.08. The Morgan fingerprint density at radius 1 is 1.50 bits per heavy atom. The van der Waals surface area contributed by atoms with Crippen LogP contribution >= 0.6 is 10.7 Å². The lowest BCUT2D eigenvalue weighted by Gasteiger charge is -2.05. The first-order chi connectivity index (χ1) is 7.42. The second-order valence-electron chi connectivity index (χ2n) is 2.85. The van der Waals surface area contributed by atoms with E-state index in [1.807, 2.05) is 0 Å². The van der Waals surface area contributed by atoms with Gasteiger partial charge in [-0.05, 0) is 18.2 Å². The van der Waals surface area contributed by atoms with Gasteiger partial charge in [-0.15, -0.1) is 0 Å². The lowest BCUT2D eigenvalue weighted by molar-refractivity contribution is 0.323. The van der Waals surface area contributed by atoms with Crippen molar-refractivity contribution in [3.63, 3.8) is 0 Å². The molecule has 86 valence electrons. The molecule has 16 heavy (non-hydrogen) atoms. The van der Waals surface area contributed by atoms with Crippen LogP contribution in [-0.2, 0) is 9.05 Å². The molecule has 0 aliphatic carbocycles. The Hall–Kier alpha value is -1.32. The van der Waals surface area contributed by atoms with Crippen molar-refractivity contribution in [2.45, 2.75) is 0 Å². The van der Waals surface area contributed by atoms with E-state index in [0.29, 0.717) is 0 Å². The topological polar surface area (TPSA) is 67.2 Å². The van der Waals surface area contributed by atoms with Gasteiger partial charge in [0.15, 0.2) is 11.6 Å². The third-order valence-electron chi connectivity index (χ3n) is 1.65. The van der Waals surface area contributed by atoms with E-state index in [9.17, 15) is 12.8 Å². The fraction of sp³-hybridized carbons (Fsp3) is 0.222. The highest BCUT2D eigenvalue weighted by atomic mass is 35.7. The van der Waals surface area contributed by atoms with Crippen molar-refractivity contribution in [3.05, 3.63) is 29.6 Å². The van der Waals surface area contributed by atoms with E-state index in [0.717, 1.165) is 6.07 Å². The van der Waals surface area contributed by atoms with E-state index in [1.54, 1.807) is 6.07 Å². The summed E-state index contributed by atoms with van der Waals surface area (Å²) in [5, 5.41) is 8.48. The van der Waals surface area contributed by atoms with Gasteiger partial charge < -0.3 is 4.74 Å². The van der Waals surface area contributed by atoms with Gasteiger partial charge >= 0.3 is 0 Å². The van der Waals surface area contributed by atoms with Crippen LogP contribution in [0.25, 0.3) is 0 Å². The minimum absolute atomic E-state index is 0.112. The van der Waals surface area contributed by atoms with Crippen LogP contribution in [0, 0.1) is 17.1 Å². The Labute approximate surface area is 96.6 Å². The first-order valence-corrected chi connectivity index (χ1v) is 6.65. The molecule has 1 aromatic rings. The molecule has 7 heteroatoms. The Kier molecular flexibility index (Phi) is 4.10. The standard InChI is InChI=1S/C9H7ClFNO3S/c10-16(13,14)4-3-15-9-2-1-7(6-12)5-8(9)11/h1-2,5H,3-4H2. The SMILES string of the molecule is N#Cc1ccc(OCCS(=O)(=O)Cl)c(F)c1. The maximum atomic E-state index is 13.2. The number of hydrogen-bond donors (Lipinski definition) is 0. The third-order valence-corrected chi connectivity index (χ3v) is 2.76. The number of nitriles is 1. The molecule has 0 unspecified atom stereocenters. The van der Waals surface area contributed by atoms with E-state index in [2.05, 4.69) is 0 Å². The molecular weight excluding hydrogens is 257 g/mol. The molecule has 0 aliphatic rings. The van der Waals surface area contributed by atoms with Gasteiger partial charge in [0.1, 0.15) is 6.61 Å². The fourth-order valence-corrected chi connectivity index (χ4v) is 1.41. The van der Waals surface area contributed by atoms with E-state index in [4.69, 9.17) is 20.7 Å². The maximum absolute atomic E-state index is 13.2. The average Bonchev–Trinajstić information content (AvgIpc) is 2.18. The van der Waals surface area contributed by atoms with E-state index in [-0.39, 0.29) is 17.9 Å². The van der Waals surface area contributed by atoms with E-state index in [1.165, 1.54) is 12.1 Å². The number of rotatable bonds is 4. The molecule has 0 fully saturated rings. The Balaban J connectivity index is 2.66. The summed E-state index contributed by atoms with van der Waals surface area (Å²) in [7, 11) is 1.29. The van der Waals surface area contributed by atoms with Crippen LogP contribution in [0.5, 0.6) is 5.75 Å². The van der Waals surface area contributed by atoms with Crippen molar-refractivity contribution in [1.82, 2.24) is 0 Å². The highest BCUT2D eigenvalue weighted by molar-refractivity contribution is 8.13. The minimum Gasteiger partial charge on any atom is -0.489 e. The van der Waals surface area contributed by atoms with Crippen molar-refractivity contribution in [2.24, 2.45) is 0 Å². The molecule has 0 saturated carbocycles. The second kappa shape index (κ2) is 5.14. The van der Waals surface area contributed by atoms with Crippen molar-refractivity contribution in [2.75, 3.05) is 12.4 Å². The summed E-state index contributed by atoms with van der Waals surface area (Å²) < 4.78 is 39.2. The van der Waals surface area contributed by atoms with Crippen molar-refractivity contribution >= 4 is 19.7 Å². The molecule has 0 amide bonds. The van der Waals surface area contributed by atoms with Crippen LogP contribution in [0.2, 0.25) is 0 Å². The van der Waals surface area contributed by atoms with Crippen LogP contribution in [0.3, 0.4) is 0 Å². The van der Waals surface area contributed by atoms with Crippen molar-refractivity contribution < 1.29 is 17.5 Å².